The molecule has 0 radical (unpaired) electrons. The number of fused-ring (bicyclic) bond motifs is 1. The van der Waals surface area contributed by atoms with Crippen LogP contribution in [0, 0.1) is 0 Å². The zero-order chi connectivity index (χ0) is 15.7. The van der Waals surface area contributed by atoms with Crippen molar-refractivity contribution >= 4 is 20.8 Å². The van der Waals surface area contributed by atoms with E-state index in [2.05, 4.69) is 4.84 Å². The lowest BCUT2D eigenvalue weighted by atomic mass is 10.1. The van der Waals surface area contributed by atoms with Crippen molar-refractivity contribution in [3.05, 3.63) is 42.0 Å². The molecule has 2 aromatic carbocycles. The predicted molar refractivity (Wildman–Crippen MR) is 68.5 cm³/mol. The van der Waals surface area contributed by atoms with E-state index in [9.17, 15) is 26.7 Å². The van der Waals surface area contributed by atoms with Gasteiger partial charge >= 0.3 is 15.5 Å². The molecule has 0 saturated carbocycles. The zero-order valence-electron chi connectivity index (χ0n) is 10.4. The monoisotopic (exact) mass is 321 g/mol. The van der Waals surface area contributed by atoms with Crippen LogP contribution in [0.4, 0.5) is 13.2 Å². The fraction of sp³-hybridized carbons (Fsp3) is 0.167. The van der Waals surface area contributed by atoms with E-state index >= 15 is 0 Å². The van der Waals surface area contributed by atoms with Gasteiger partial charge in [0, 0.05) is 5.56 Å². The van der Waals surface area contributed by atoms with E-state index in [-0.39, 0.29) is 11.3 Å². The smallest absolute Gasteiger partial charge is 0.508 e. The third-order valence-electron chi connectivity index (χ3n) is 2.65. The molecule has 0 unspecified atom stereocenters. The van der Waals surface area contributed by atoms with Gasteiger partial charge in [0.05, 0.1) is 6.61 Å². The fourth-order valence-electron chi connectivity index (χ4n) is 1.62. The van der Waals surface area contributed by atoms with Gasteiger partial charge in [-0.1, -0.05) is 29.2 Å². The Labute approximate surface area is 118 Å². The summed E-state index contributed by atoms with van der Waals surface area (Å²) in [5.74, 6) is -0.208. The second kappa shape index (κ2) is 5.51. The number of benzene rings is 2. The summed E-state index contributed by atoms with van der Waals surface area (Å²) in [5.41, 5.74) is -5.31. The standard InChI is InChI=1S/C12H10F3NO4S/c13-12(14,15)21(18,19)16-20-7-10-5-8-3-1-2-4-9(8)6-11(10)17/h1-6,16-17H,7H2. The summed E-state index contributed by atoms with van der Waals surface area (Å²) in [6.45, 7) is -0.550. The molecular weight excluding hydrogens is 311 g/mol. The molecule has 5 nitrogen and oxygen atoms in total. The molecule has 0 bridgehead atoms. The van der Waals surface area contributed by atoms with Gasteiger partial charge in [0.2, 0.25) is 0 Å². The summed E-state index contributed by atoms with van der Waals surface area (Å²) < 4.78 is 57.6. The van der Waals surface area contributed by atoms with Gasteiger partial charge in [0.25, 0.3) is 0 Å². The fourth-order valence-corrected chi connectivity index (χ4v) is 1.93. The molecule has 2 rings (SSSR count). The van der Waals surface area contributed by atoms with Crippen LogP contribution in [0.25, 0.3) is 10.8 Å². The Balaban J connectivity index is 2.13. The number of alkyl halides is 3. The number of rotatable bonds is 4. The number of phenols is 1. The Morgan fingerprint density at radius 1 is 1.14 bits per heavy atom. The molecule has 0 amide bonds. The van der Waals surface area contributed by atoms with Crippen molar-refractivity contribution in [2.75, 3.05) is 0 Å². The number of hydrogen-bond acceptors (Lipinski definition) is 4. The van der Waals surface area contributed by atoms with E-state index in [1.54, 1.807) is 24.3 Å². The van der Waals surface area contributed by atoms with Crippen molar-refractivity contribution in [3.8, 4) is 5.75 Å². The molecule has 0 fully saturated rings. The normalized spacial score (nSPS) is 12.7. The van der Waals surface area contributed by atoms with Gasteiger partial charge in [-0.05, 0) is 22.9 Å². The van der Waals surface area contributed by atoms with Crippen molar-refractivity contribution in [2.45, 2.75) is 12.1 Å². The van der Waals surface area contributed by atoms with Crippen LogP contribution in [0.15, 0.2) is 36.4 Å². The molecule has 0 spiro atoms. The highest BCUT2D eigenvalue weighted by Crippen LogP contribution is 2.26. The summed E-state index contributed by atoms with van der Waals surface area (Å²) >= 11 is 0. The molecule has 21 heavy (non-hydrogen) atoms. The van der Waals surface area contributed by atoms with Crippen molar-refractivity contribution in [1.82, 2.24) is 4.89 Å². The first kappa shape index (κ1) is 15.5. The quantitative estimate of drug-likeness (QED) is 0.848. The van der Waals surface area contributed by atoms with E-state index < -0.39 is 22.1 Å². The average Bonchev–Trinajstić information content (AvgIpc) is 2.38. The second-order valence-electron chi connectivity index (χ2n) is 4.15. The molecule has 0 atom stereocenters. The minimum atomic E-state index is -5.58. The van der Waals surface area contributed by atoms with Crippen LogP contribution in [0.5, 0.6) is 5.75 Å². The van der Waals surface area contributed by atoms with Crippen molar-refractivity contribution in [3.63, 3.8) is 0 Å². The van der Waals surface area contributed by atoms with Crippen LogP contribution in [0.2, 0.25) is 0 Å². The van der Waals surface area contributed by atoms with E-state index in [0.717, 1.165) is 15.7 Å². The van der Waals surface area contributed by atoms with Gasteiger partial charge in [-0.25, -0.2) is 8.42 Å². The Kier molecular flexibility index (Phi) is 4.08. The number of hydrogen-bond donors (Lipinski definition) is 2. The van der Waals surface area contributed by atoms with E-state index in [4.69, 9.17) is 0 Å². The zero-order valence-corrected chi connectivity index (χ0v) is 11.2. The largest absolute Gasteiger partial charge is 0.513 e. The van der Waals surface area contributed by atoms with Crippen LogP contribution < -0.4 is 4.89 Å². The number of phenolic OH excluding ortho intramolecular Hbond substituents is 1. The maximum atomic E-state index is 12.1. The Morgan fingerprint density at radius 2 is 1.71 bits per heavy atom. The van der Waals surface area contributed by atoms with Gasteiger partial charge < -0.3 is 5.11 Å². The molecule has 9 heteroatoms. The lowest BCUT2D eigenvalue weighted by Gasteiger charge is -2.11. The third kappa shape index (κ3) is 3.43. The molecule has 0 aliphatic rings. The van der Waals surface area contributed by atoms with E-state index in [0.29, 0.717) is 0 Å². The lowest BCUT2D eigenvalue weighted by Crippen LogP contribution is -2.36. The molecule has 0 aliphatic carbocycles. The van der Waals surface area contributed by atoms with Crippen molar-refractivity contribution < 1.29 is 31.5 Å². The molecule has 0 aromatic heterocycles. The summed E-state index contributed by atoms with van der Waals surface area (Å²) in [5, 5.41) is 11.2. The van der Waals surface area contributed by atoms with E-state index in [1.165, 1.54) is 12.1 Å². The summed E-state index contributed by atoms with van der Waals surface area (Å²) in [4.78, 5) is 5.28. The van der Waals surface area contributed by atoms with Gasteiger partial charge in [0.15, 0.2) is 0 Å². The van der Waals surface area contributed by atoms with Gasteiger partial charge in [0.1, 0.15) is 5.75 Å². The predicted octanol–water partition coefficient (Wildman–Crippen LogP) is 2.42. The maximum Gasteiger partial charge on any atom is 0.513 e. The average molecular weight is 321 g/mol. The SMILES string of the molecule is O=S(=O)(NOCc1cc2ccccc2cc1O)C(F)(F)F. The third-order valence-corrected chi connectivity index (χ3v) is 3.59. The minimum absolute atomic E-state index is 0.151. The Bertz CT molecular complexity index is 759. The topological polar surface area (TPSA) is 75.6 Å². The van der Waals surface area contributed by atoms with Crippen molar-refractivity contribution in [1.29, 1.82) is 0 Å². The molecule has 2 aromatic rings. The summed E-state index contributed by atoms with van der Waals surface area (Å²) in [6.07, 6.45) is 0. The molecular formula is C12H10F3NO4S. The highest BCUT2D eigenvalue weighted by atomic mass is 32.2. The molecule has 0 saturated heterocycles. The van der Waals surface area contributed by atoms with Crippen LogP contribution in [0.1, 0.15) is 5.56 Å². The van der Waals surface area contributed by atoms with Crippen LogP contribution in [-0.2, 0) is 21.5 Å². The van der Waals surface area contributed by atoms with Crippen LogP contribution in [-0.4, -0.2) is 19.0 Å². The minimum Gasteiger partial charge on any atom is -0.508 e. The van der Waals surface area contributed by atoms with Crippen LogP contribution in [0.3, 0.4) is 0 Å². The molecule has 0 heterocycles. The molecule has 114 valence electrons. The van der Waals surface area contributed by atoms with Gasteiger partial charge in [-0.2, -0.15) is 13.2 Å². The van der Waals surface area contributed by atoms with Crippen LogP contribution >= 0.6 is 0 Å². The number of nitrogens with one attached hydrogen (secondary N) is 1. The van der Waals surface area contributed by atoms with Gasteiger partial charge in [-0.3, -0.25) is 4.84 Å². The lowest BCUT2D eigenvalue weighted by molar-refractivity contribution is -0.0526. The van der Waals surface area contributed by atoms with E-state index in [1.807, 2.05) is 0 Å². The first-order chi connectivity index (χ1) is 9.71. The summed E-state index contributed by atoms with van der Waals surface area (Å²) in [6, 6.07) is 9.88. The summed E-state index contributed by atoms with van der Waals surface area (Å²) in [7, 11) is -5.58. The molecule has 0 aliphatic heterocycles. The highest BCUT2D eigenvalue weighted by Gasteiger charge is 2.46. The Morgan fingerprint density at radius 3 is 2.29 bits per heavy atom. The first-order valence-electron chi connectivity index (χ1n) is 5.61. The second-order valence-corrected chi connectivity index (χ2v) is 5.79. The number of sulfonamides is 1. The number of aromatic hydroxyl groups is 1. The van der Waals surface area contributed by atoms with Gasteiger partial charge in [-0.15, -0.1) is 0 Å². The molecule has 2 N–H and O–H groups in total. The van der Waals surface area contributed by atoms with Crippen molar-refractivity contribution in [2.24, 2.45) is 0 Å². The Hall–Kier alpha value is -1.84. The highest BCUT2D eigenvalue weighted by molar-refractivity contribution is 7.90. The number of halogens is 3. The maximum absolute atomic E-state index is 12.1. The first-order valence-corrected chi connectivity index (χ1v) is 7.09.